The first-order valence-corrected chi connectivity index (χ1v) is 6.92. The maximum atomic E-state index is 5.20. The highest BCUT2D eigenvalue weighted by molar-refractivity contribution is 5.80. The quantitative estimate of drug-likeness (QED) is 0.733. The average Bonchev–Trinajstić information content (AvgIpc) is 2.62. The van der Waals surface area contributed by atoms with Crippen LogP contribution in [0.25, 0.3) is 22.4 Å². The van der Waals surface area contributed by atoms with Crippen LogP contribution in [0.2, 0.25) is 0 Å². The van der Waals surface area contributed by atoms with E-state index in [1.165, 1.54) is 0 Å². The van der Waals surface area contributed by atoms with Gasteiger partial charge in [0.05, 0.1) is 20.4 Å². The van der Waals surface area contributed by atoms with Crippen LogP contribution in [-0.4, -0.2) is 24.4 Å². The lowest BCUT2D eigenvalue weighted by Crippen LogP contribution is -1.92. The van der Waals surface area contributed by atoms with Crippen molar-refractivity contribution in [1.82, 2.24) is 10.2 Å². The predicted octanol–water partition coefficient (Wildman–Crippen LogP) is 3.83. The normalized spacial score (nSPS) is 10.3. The molecule has 0 bridgehead atoms. The van der Waals surface area contributed by atoms with E-state index in [-0.39, 0.29) is 0 Å². The molecule has 0 aliphatic carbocycles. The summed E-state index contributed by atoms with van der Waals surface area (Å²) in [4.78, 5) is 0. The van der Waals surface area contributed by atoms with Gasteiger partial charge in [-0.3, -0.25) is 0 Å². The Bertz CT molecular complexity index is 686. The largest absolute Gasteiger partial charge is 0.497 e. The van der Waals surface area contributed by atoms with Crippen LogP contribution in [0, 0.1) is 0 Å². The van der Waals surface area contributed by atoms with Crippen LogP contribution >= 0.6 is 0 Å². The number of benzene rings is 2. The van der Waals surface area contributed by atoms with Gasteiger partial charge >= 0.3 is 0 Å². The minimum atomic E-state index is 0.818. The topological polar surface area (TPSA) is 44.2 Å². The van der Waals surface area contributed by atoms with Crippen LogP contribution in [-0.2, 0) is 0 Å². The van der Waals surface area contributed by atoms with Gasteiger partial charge in [-0.05, 0) is 48.0 Å². The molecule has 3 rings (SSSR count). The van der Waals surface area contributed by atoms with Crippen molar-refractivity contribution in [1.29, 1.82) is 0 Å². The highest BCUT2D eigenvalue weighted by Gasteiger charge is 2.09. The first kappa shape index (κ1) is 14.1. The zero-order chi connectivity index (χ0) is 15.4. The number of ether oxygens (including phenoxy) is 2. The Morgan fingerprint density at radius 1 is 0.682 bits per heavy atom. The van der Waals surface area contributed by atoms with Gasteiger partial charge in [0.1, 0.15) is 17.2 Å². The van der Waals surface area contributed by atoms with Crippen molar-refractivity contribution < 1.29 is 9.47 Å². The molecule has 0 amide bonds. The maximum absolute atomic E-state index is 5.20. The lowest BCUT2D eigenvalue weighted by Gasteiger charge is -2.09. The summed E-state index contributed by atoms with van der Waals surface area (Å²) >= 11 is 0. The molecule has 0 spiro atoms. The molecule has 110 valence electrons. The first-order chi connectivity index (χ1) is 10.8. The number of nitrogens with zero attached hydrogens (tertiary/aromatic N) is 2. The molecule has 0 saturated heterocycles. The molecule has 3 aromatic rings. The molecule has 2 aromatic carbocycles. The molecule has 1 heterocycles. The Hall–Kier alpha value is -2.88. The van der Waals surface area contributed by atoms with E-state index in [9.17, 15) is 0 Å². The number of hydrogen-bond acceptors (Lipinski definition) is 4. The molecule has 0 atom stereocenters. The highest BCUT2D eigenvalue weighted by atomic mass is 16.5. The van der Waals surface area contributed by atoms with Gasteiger partial charge in [-0.15, -0.1) is 5.10 Å². The van der Waals surface area contributed by atoms with E-state index in [1.54, 1.807) is 20.4 Å². The van der Waals surface area contributed by atoms with Crippen molar-refractivity contribution in [2.24, 2.45) is 0 Å². The van der Waals surface area contributed by atoms with Crippen molar-refractivity contribution >= 4 is 0 Å². The van der Waals surface area contributed by atoms with Crippen LogP contribution in [0.4, 0.5) is 0 Å². The highest BCUT2D eigenvalue weighted by Crippen LogP contribution is 2.31. The first-order valence-electron chi connectivity index (χ1n) is 6.92. The second-order valence-corrected chi connectivity index (χ2v) is 4.75. The van der Waals surface area contributed by atoms with E-state index in [1.807, 2.05) is 54.6 Å². The molecular formula is C18H16N2O2. The summed E-state index contributed by atoms with van der Waals surface area (Å²) < 4.78 is 10.4. The summed E-state index contributed by atoms with van der Waals surface area (Å²) in [6.45, 7) is 0. The molecule has 0 aliphatic heterocycles. The van der Waals surface area contributed by atoms with Crippen LogP contribution in [0.5, 0.6) is 11.5 Å². The van der Waals surface area contributed by atoms with Gasteiger partial charge in [0.15, 0.2) is 0 Å². The third kappa shape index (κ3) is 2.76. The van der Waals surface area contributed by atoms with Crippen molar-refractivity contribution in [3.8, 4) is 33.9 Å². The van der Waals surface area contributed by atoms with E-state index >= 15 is 0 Å². The molecule has 0 N–H and O–H groups in total. The molecular weight excluding hydrogens is 276 g/mol. The zero-order valence-corrected chi connectivity index (χ0v) is 12.5. The van der Waals surface area contributed by atoms with Crippen LogP contribution in [0.15, 0.2) is 60.8 Å². The summed E-state index contributed by atoms with van der Waals surface area (Å²) in [5.41, 5.74) is 3.94. The minimum Gasteiger partial charge on any atom is -0.497 e. The summed E-state index contributed by atoms with van der Waals surface area (Å²) in [5, 5.41) is 8.32. The minimum absolute atomic E-state index is 0.818. The summed E-state index contributed by atoms with van der Waals surface area (Å²) in [7, 11) is 3.31. The van der Waals surface area contributed by atoms with Crippen LogP contribution in [0.3, 0.4) is 0 Å². The Balaban J connectivity index is 2.04. The fourth-order valence-electron chi connectivity index (χ4n) is 2.30. The Morgan fingerprint density at radius 2 is 1.23 bits per heavy atom. The fourth-order valence-corrected chi connectivity index (χ4v) is 2.30. The van der Waals surface area contributed by atoms with Crippen molar-refractivity contribution in [2.45, 2.75) is 0 Å². The van der Waals surface area contributed by atoms with E-state index in [0.29, 0.717) is 0 Å². The number of hydrogen-bond donors (Lipinski definition) is 0. The average molecular weight is 292 g/mol. The molecule has 1 aromatic heterocycles. The van der Waals surface area contributed by atoms with Crippen LogP contribution in [0.1, 0.15) is 0 Å². The second kappa shape index (κ2) is 6.26. The zero-order valence-electron chi connectivity index (χ0n) is 12.5. The maximum Gasteiger partial charge on any atom is 0.118 e. The van der Waals surface area contributed by atoms with Gasteiger partial charge in [0, 0.05) is 11.1 Å². The molecule has 0 fully saturated rings. The predicted molar refractivity (Wildman–Crippen MR) is 86.0 cm³/mol. The smallest absolute Gasteiger partial charge is 0.118 e. The lowest BCUT2D eigenvalue weighted by atomic mass is 10.00. The Morgan fingerprint density at radius 3 is 1.77 bits per heavy atom. The Kier molecular flexibility index (Phi) is 4.01. The van der Waals surface area contributed by atoms with E-state index in [0.717, 1.165) is 33.9 Å². The number of methoxy groups -OCH3 is 2. The monoisotopic (exact) mass is 292 g/mol. The summed E-state index contributed by atoms with van der Waals surface area (Å²) in [6.07, 6.45) is 1.70. The van der Waals surface area contributed by atoms with E-state index < -0.39 is 0 Å². The molecule has 4 heteroatoms. The van der Waals surface area contributed by atoms with Crippen LogP contribution < -0.4 is 9.47 Å². The van der Waals surface area contributed by atoms with E-state index in [4.69, 9.17) is 9.47 Å². The fraction of sp³-hybridized carbons (Fsp3) is 0.111. The molecule has 4 nitrogen and oxygen atoms in total. The van der Waals surface area contributed by atoms with Crippen molar-refractivity contribution in [3.05, 3.63) is 60.8 Å². The summed E-state index contributed by atoms with van der Waals surface area (Å²) in [6, 6.07) is 17.7. The van der Waals surface area contributed by atoms with Gasteiger partial charge in [0.2, 0.25) is 0 Å². The SMILES string of the molecule is COc1ccc(-c2ccnnc2-c2ccc(OC)cc2)cc1. The van der Waals surface area contributed by atoms with Gasteiger partial charge < -0.3 is 9.47 Å². The second-order valence-electron chi connectivity index (χ2n) is 4.75. The molecule has 0 aliphatic rings. The van der Waals surface area contributed by atoms with Gasteiger partial charge in [-0.2, -0.15) is 5.10 Å². The molecule has 0 radical (unpaired) electrons. The third-order valence-corrected chi connectivity index (χ3v) is 3.49. The van der Waals surface area contributed by atoms with Gasteiger partial charge in [-0.25, -0.2) is 0 Å². The number of aromatic nitrogens is 2. The van der Waals surface area contributed by atoms with Gasteiger partial charge in [-0.1, -0.05) is 12.1 Å². The Labute approximate surface area is 129 Å². The van der Waals surface area contributed by atoms with E-state index in [2.05, 4.69) is 10.2 Å². The van der Waals surface area contributed by atoms with Crippen molar-refractivity contribution in [2.75, 3.05) is 14.2 Å². The van der Waals surface area contributed by atoms with Gasteiger partial charge in [0.25, 0.3) is 0 Å². The standard InChI is InChI=1S/C18H16N2O2/c1-21-15-7-3-13(4-8-15)17-11-12-19-20-18(17)14-5-9-16(22-2)10-6-14/h3-12H,1-2H3. The molecule has 0 unspecified atom stereocenters. The third-order valence-electron chi connectivity index (χ3n) is 3.49. The summed E-state index contributed by atoms with van der Waals surface area (Å²) in [5.74, 6) is 1.65. The number of rotatable bonds is 4. The molecule has 22 heavy (non-hydrogen) atoms. The molecule has 0 saturated carbocycles. The van der Waals surface area contributed by atoms with Crippen molar-refractivity contribution in [3.63, 3.8) is 0 Å². The lowest BCUT2D eigenvalue weighted by molar-refractivity contribution is 0.414.